The molecule has 0 bridgehead atoms. The molecule has 0 aliphatic carbocycles. The Balaban J connectivity index is 2.00. The molecule has 0 fully saturated rings. The summed E-state index contributed by atoms with van der Waals surface area (Å²) in [7, 11) is 0. The van der Waals surface area contributed by atoms with Gasteiger partial charge in [0, 0.05) is 17.0 Å². The fourth-order valence-electron chi connectivity index (χ4n) is 3.27. The van der Waals surface area contributed by atoms with E-state index in [1.54, 1.807) is 10.6 Å². The molecule has 3 aromatic heterocycles. The lowest BCUT2D eigenvalue weighted by Gasteiger charge is -2.06. The van der Waals surface area contributed by atoms with Crippen LogP contribution >= 0.6 is 0 Å². The Hall–Kier alpha value is -3.47. The van der Waals surface area contributed by atoms with Gasteiger partial charge in [-0.3, -0.25) is 0 Å². The van der Waals surface area contributed by atoms with E-state index in [1.165, 1.54) is 0 Å². The molecule has 5 nitrogen and oxygen atoms in total. The smallest absolute Gasteiger partial charge is 0.347 e. The molecule has 0 spiro atoms. The molecule has 0 unspecified atom stereocenters. The molecule has 120 valence electrons. The first kappa shape index (κ1) is 13.9. The average Bonchev–Trinajstić information content (AvgIpc) is 3.06. The highest BCUT2D eigenvalue weighted by Gasteiger charge is 2.16. The summed E-state index contributed by atoms with van der Waals surface area (Å²) in [5.74, 6) is 0. The highest BCUT2D eigenvalue weighted by molar-refractivity contribution is 6.03. The normalized spacial score (nSPS) is 11.6. The maximum absolute atomic E-state index is 12.5. The number of aryl methyl sites for hydroxylation is 1. The van der Waals surface area contributed by atoms with E-state index in [0.717, 1.165) is 22.2 Å². The Morgan fingerprint density at radius 2 is 1.76 bits per heavy atom. The molecule has 0 atom stereocenters. The van der Waals surface area contributed by atoms with E-state index in [1.807, 2.05) is 61.5 Å². The van der Waals surface area contributed by atoms with Gasteiger partial charge in [0.25, 0.3) is 0 Å². The molecule has 0 aliphatic heterocycles. The molecule has 0 aliphatic rings. The molecule has 0 radical (unpaired) electrons. The molecule has 0 saturated carbocycles. The van der Waals surface area contributed by atoms with Crippen molar-refractivity contribution in [1.29, 1.82) is 0 Å². The van der Waals surface area contributed by atoms with Crippen molar-refractivity contribution in [2.75, 3.05) is 0 Å². The molecule has 25 heavy (non-hydrogen) atoms. The first-order valence-corrected chi connectivity index (χ1v) is 8.00. The van der Waals surface area contributed by atoms with Crippen molar-refractivity contribution in [3.8, 4) is 11.3 Å². The number of hydrogen-bond donors (Lipinski definition) is 0. The number of hydrogen-bond acceptors (Lipinski definition) is 4. The summed E-state index contributed by atoms with van der Waals surface area (Å²) in [5.41, 5.74) is 4.06. The van der Waals surface area contributed by atoms with Gasteiger partial charge in [-0.25, -0.2) is 14.3 Å². The van der Waals surface area contributed by atoms with Crippen LogP contribution in [0.5, 0.6) is 0 Å². The van der Waals surface area contributed by atoms with Crippen LogP contribution in [0.2, 0.25) is 0 Å². The molecular formula is C20H13N3O2. The predicted molar refractivity (Wildman–Crippen MR) is 96.7 cm³/mol. The van der Waals surface area contributed by atoms with Crippen molar-refractivity contribution >= 4 is 27.5 Å². The Morgan fingerprint density at radius 1 is 1.00 bits per heavy atom. The van der Waals surface area contributed by atoms with Crippen molar-refractivity contribution in [1.82, 2.24) is 14.6 Å². The summed E-state index contributed by atoms with van der Waals surface area (Å²) in [4.78, 5) is 17.0. The highest BCUT2D eigenvalue weighted by Crippen LogP contribution is 2.27. The molecule has 2 aromatic carbocycles. The molecule has 5 heteroatoms. The van der Waals surface area contributed by atoms with E-state index in [9.17, 15) is 4.79 Å². The lowest BCUT2D eigenvalue weighted by molar-refractivity contribution is 0.568. The SMILES string of the molecule is Cc1nc2cc(-c3ccccc3)nn2c2c1c(=O)oc1ccccc12. The van der Waals surface area contributed by atoms with Crippen LogP contribution in [0.15, 0.2) is 69.9 Å². The van der Waals surface area contributed by atoms with Crippen LogP contribution in [0.1, 0.15) is 5.69 Å². The quantitative estimate of drug-likeness (QED) is 0.345. The molecule has 0 saturated heterocycles. The first-order valence-electron chi connectivity index (χ1n) is 8.00. The second-order valence-electron chi connectivity index (χ2n) is 5.97. The van der Waals surface area contributed by atoms with Gasteiger partial charge in [-0.1, -0.05) is 42.5 Å². The second kappa shape index (κ2) is 5.01. The summed E-state index contributed by atoms with van der Waals surface area (Å²) in [5, 5.41) is 6.03. The fourth-order valence-corrected chi connectivity index (χ4v) is 3.27. The number of nitrogens with zero attached hydrogens (tertiary/aromatic N) is 3. The van der Waals surface area contributed by atoms with E-state index in [-0.39, 0.29) is 0 Å². The topological polar surface area (TPSA) is 60.4 Å². The zero-order valence-corrected chi connectivity index (χ0v) is 13.4. The Kier molecular flexibility index (Phi) is 2.79. The molecule has 0 N–H and O–H groups in total. The fraction of sp³-hybridized carbons (Fsp3) is 0.0500. The zero-order valence-electron chi connectivity index (χ0n) is 13.4. The summed E-state index contributed by atoms with van der Waals surface area (Å²) in [6, 6.07) is 19.3. The van der Waals surface area contributed by atoms with E-state index < -0.39 is 5.63 Å². The molecular weight excluding hydrogens is 314 g/mol. The largest absolute Gasteiger partial charge is 0.422 e. The summed E-state index contributed by atoms with van der Waals surface area (Å²) in [6.45, 7) is 1.82. The van der Waals surface area contributed by atoms with Crippen LogP contribution < -0.4 is 5.63 Å². The first-order chi connectivity index (χ1) is 12.2. The van der Waals surface area contributed by atoms with Crippen LogP contribution in [-0.2, 0) is 0 Å². The minimum atomic E-state index is -0.391. The Bertz CT molecular complexity index is 1320. The van der Waals surface area contributed by atoms with Crippen LogP contribution in [-0.4, -0.2) is 14.6 Å². The lowest BCUT2D eigenvalue weighted by atomic mass is 10.1. The second-order valence-corrected chi connectivity index (χ2v) is 5.97. The van der Waals surface area contributed by atoms with E-state index >= 15 is 0 Å². The maximum Gasteiger partial charge on any atom is 0.347 e. The summed E-state index contributed by atoms with van der Waals surface area (Å²) < 4.78 is 7.20. The van der Waals surface area contributed by atoms with Crippen LogP contribution in [0.3, 0.4) is 0 Å². The number of benzene rings is 2. The third-order valence-electron chi connectivity index (χ3n) is 4.40. The van der Waals surface area contributed by atoms with E-state index in [2.05, 4.69) is 4.98 Å². The minimum Gasteiger partial charge on any atom is -0.422 e. The number of para-hydroxylation sites is 1. The maximum atomic E-state index is 12.5. The molecule has 3 heterocycles. The van der Waals surface area contributed by atoms with Gasteiger partial charge in [-0.2, -0.15) is 5.10 Å². The van der Waals surface area contributed by atoms with E-state index in [0.29, 0.717) is 22.3 Å². The van der Waals surface area contributed by atoms with Gasteiger partial charge in [0.15, 0.2) is 5.65 Å². The minimum absolute atomic E-state index is 0.391. The van der Waals surface area contributed by atoms with Gasteiger partial charge < -0.3 is 4.42 Å². The molecule has 5 aromatic rings. The monoisotopic (exact) mass is 327 g/mol. The van der Waals surface area contributed by atoms with Gasteiger partial charge in [-0.15, -0.1) is 0 Å². The van der Waals surface area contributed by atoms with Crippen molar-refractivity contribution in [3.05, 3.63) is 76.8 Å². The van der Waals surface area contributed by atoms with Crippen molar-refractivity contribution in [2.45, 2.75) is 6.92 Å². The number of fused-ring (bicyclic) bond motifs is 5. The number of rotatable bonds is 1. The summed E-state index contributed by atoms with van der Waals surface area (Å²) >= 11 is 0. The molecule has 0 amide bonds. The van der Waals surface area contributed by atoms with E-state index in [4.69, 9.17) is 9.52 Å². The van der Waals surface area contributed by atoms with Gasteiger partial charge in [0.05, 0.1) is 16.9 Å². The Morgan fingerprint density at radius 3 is 2.60 bits per heavy atom. The van der Waals surface area contributed by atoms with Gasteiger partial charge >= 0.3 is 5.63 Å². The van der Waals surface area contributed by atoms with Crippen molar-refractivity contribution in [3.63, 3.8) is 0 Å². The van der Waals surface area contributed by atoms with Gasteiger partial charge in [0.1, 0.15) is 11.0 Å². The van der Waals surface area contributed by atoms with Gasteiger partial charge in [-0.05, 0) is 19.1 Å². The Labute approximate surface area is 142 Å². The zero-order chi connectivity index (χ0) is 17.0. The number of aromatic nitrogens is 3. The van der Waals surface area contributed by atoms with Crippen molar-refractivity contribution in [2.24, 2.45) is 0 Å². The third-order valence-corrected chi connectivity index (χ3v) is 4.40. The summed E-state index contributed by atoms with van der Waals surface area (Å²) in [6.07, 6.45) is 0. The molecule has 5 rings (SSSR count). The lowest BCUT2D eigenvalue weighted by Crippen LogP contribution is -2.07. The average molecular weight is 327 g/mol. The van der Waals surface area contributed by atoms with Crippen LogP contribution in [0.4, 0.5) is 0 Å². The third kappa shape index (κ3) is 1.99. The highest BCUT2D eigenvalue weighted by atomic mass is 16.4. The van der Waals surface area contributed by atoms with Crippen molar-refractivity contribution < 1.29 is 4.42 Å². The predicted octanol–water partition coefficient (Wildman–Crippen LogP) is 3.96. The standard InChI is InChI=1S/C20H13N3O2/c1-12-18-19(14-9-5-6-10-16(14)25-20(18)24)23-17(21-12)11-15(22-23)13-7-3-2-4-8-13/h2-11H,1H3. The van der Waals surface area contributed by atoms with Gasteiger partial charge in [0.2, 0.25) is 0 Å². The van der Waals surface area contributed by atoms with Crippen LogP contribution in [0, 0.1) is 6.92 Å². The van der Waals surface area contributed by atoms with Crippen LogP contribution in [0.25, 0.3) is 38.8 Å².